The summed E-state index contributed by atoms with van der Waals surface area (Å²) in [6.45, 7) is 2.26. The number of nitrogens with one attached hydrogen (secondary N) is 3. The third kappa shape index (κ3) is 6.43. The van der Waals surface area contributed by atoms with Crippen molar-refractivity contribution in [2.75, 3.05) is 11.6 Å². The molecule has 1 heterocycles. The SMILES string of the molecule is CCC(NS(C)(=O)=O)ONC(=O)c1ccccc1NCc1ccncc1. The molecule has 0 aliphatic rings. The average molecular weight is 378 g/mol. The number of amides is 1. The third-order valence-electron chi connectivity index (χ3n) is 3.41. The molecule has 1 amide bonds. The van der Waals surface area contributed by atoms with Crippen molar-refractivity contribution in [2.45, 2.75) is 26.1 Å². The first kappa shape index (κ1) is 19.8. The van der Waals surface area contributed by atoms with Crippen LogP contribution in [-0.2, 0) is 21.4 Å². The first-order valence-corrected chi connectivity index (χ1v) is 9.93. The molecule has 0 aliphatic carbocycles. The highest BCUT2D eigenvalue weighted by atomic mass is 32.2. The minimum absolute atomic E-state index is 0.356. The van der Waals surface area contributed by atoms with Crippen molar-refractivity contribution in [1.29, 1.82) is 0 Å². The fraction of sp³-hybridized carbons (Fsp3) is 0.294. The molecule has 1 unspecified atom stereocenters. The number of aromatic nitrogens is 1. The van der Waals surface area contributed by atoms with Gasteiger partial charge in [0.2, 0.25) is 10.0 Å². The van der Waals surface area contributed by atoms with Gasteiger partial charge in [-0.3, -0.25) is 14.6 Å². The van der Waals surface area contributed by atoms with Gasteiger partial charge in [0, 0.05) is 24.6 Å². The van der Waals surface area contributed by atoms with E-state index in [1.807, 2.05) is 18.2 Å². The number of sulfonamides is 1. The Balaban J connectivity index is 2.00. The molecule has 0 saturated heterocycles. The van der Waals surface area contributed by atoms with Crippen LogP contribution in [-0.4, -0.2) is 31.8 Å². The summed E-state index contributed by atoms with van der Waals surface area (Å²) in [6.07, 6.45) is 3.94. The first-order chi connectivity index (χ1) is 12.4. The summed E-state index contributed by atoms with van der Waals surface area (Å²) in [6, 6.07) is 10.7. The molecule has 0 spiro atoms. The summed E-state index contributed by atoms with van der Waals surface area (Å²) in [4.78, 5) is 21.5. The maximum Gasteiger partial charge on any atom is 0.276 e. The van der Waals surface area contributed by atoms with E-state index in [0.717, 1.165) is 11.8 Å². The number of rotatable bonds is 9. The molecule has 2 rings (SSSR count). The summed E-state index contributed by atoms with van der Waals surface area (Å²) >= 11 is 0. The lowest BCUT2D eigenvalue weighted by Crippen LogP contribution is -2.41. The number of nitrogens with zero attached hydrogens (tertiary/aromatic N) is 1. The smallest absolute Gasteiger partial charge is 0.276 e. The van der Waals surface area contributed by atoms with E-state index in [4.69, 9.17) is 4.84 Å². The second-order valence-corrected chi connectivity index (χ2v) is 7.37. The number of hydroxylamine groups is 1. The van der Waals surface area contributed by atoms with Crippen LogP contribution in [0.5, 0.6) is 0 Å². The summed E-state index contributed by atoms with van der Waals surface area (Å²) in [5.74, 6) is -0.475. The molecule has 140 valence electrons. The number of anilines is 1. The van der Waals surface area contributed by atoms with E-state index >= 15 is 0 Å². The molecule has 0 fully saturated rings. The van der Waals surface area contributed by atoms with Gasteiger partial charge in [0.25, 0.3) is 5.91 Å². The van der Waals surface area contributed by atoms with Crippen LogP contribution in [0.3, 0.4) is 0 Å². The van der Waals surface area contributed by atoms with E-state index < -0.39 is 22.2 Å². The molecule has 1 atom stereocenters. The highest BCUT2D eigenvalue weighted by Gasteiger charge is 2.16. The summed E-state index contributed by atoms with van der Waals surface area (Å²) in [5, 5.41) is 3.19. The van der Waals surface area contributed by atoms with Gasteiger partial charge in [0.05, 0.1) is 11.8 Å². The largest absolute Gasteiger partial charge is 0.380 e. The van der Waals surface area contributed by atoms with Gasteiger partial charge in [0.15, 0.2) is 0 Å². The quantitative estimate of drug-likeness (QED) is 0.452. The number of pyridine rings is 1. The van der Waals surface area contributed by atoms with Crippen LogP contribution in [0.4, 0.5) is 5.69 Å². The average Bonchev–Trinajstić information content (AvgIpc) is 2.63. The summed E-state index contributed by atoms with van der Waals surface area (Å²) in [7, 11) is -3.44. The Hall–Kier alpha value is -2.49. The molecule has 0 bridgehead atoms. The van der Waals surface area contributed by atoms with Crippen molar-refractivity contribution in [2.24, 2.45) is 0 Å². The predicted octanol–water partition coefficient (Wildman–Crippen LogP) is 1.64. The Kier molecular flexibility index (Phi) is 7.07. The van der Waals surface area contributed by atoms with Crippen LogP contribution in [0, 0.1) is 0 Å². The Morgan fingerprint density at radius 2 is 1.88 bits per heavy atom. The lowest BCUT2D eigenvalue weighted by molar-refractivity contribution is -0.0223. The number of carbonyl (C=O) groups excluding carboxylic acids is 1. The minimum Gasteiger partial charge on any atom is -0.380 e. The van der Waals surface area contributed by atoms with Gasteiger partial charge in [-0.25, -0.2) is 13.9 Å². The monoisotopic (exact) mass is 378 g/mol. The number of para-hydroxylation sites is 1. The molecular formula is C17H22N4O4S. The minimum atomic E-state index is -3.44. The van der Waals surface area contributed by atoms with Gasteiger partial charge >= 0.3 is 0 Å². The second kappa shape index (κ2) is 9.27. The Labute approximate surface area is 153 Å². The summed E-state index contributed by atoms with van der Waals surface area (Å²) < 4.78 is 24.8. The molecule has 9 heteroatoms. The molecule has 1 aromatic heterocycles. The van der Waals surface area contributed by atoms with Crippen molar-refractivity contribution in [3.63, 3.8) is 0 Å². The van der Waals surface area contributed by atoms with E-state index in [1.54, 1.807) is 37.5 Å². The second-order valence-electron chi connectivity index (χ2n) is 5.59. The molecule has 0 radical (unpaired) electrons. The fourth-order valence-electron chi connectivity index (χ4n) is 2.14. The van der Waals surface area contributed by atoms with Gasteiger partial charge < -0.3 is 5.32 Å². The van der Waals surface area contributed by atoms with Crippen LogP contribution in [0.15, 0.2) is 48.8 Å². The van der Waals surface area contributed by atoms with Gasteiger partial charge in [-0.1, -0.05) is 19.1 Å². The lowest BCUT2D eigenvalue weighted by Gasteiger charge is -2.17. The zero-order valence-electron chi connectivity index (χ0n) is 14.6. The molecule has 8 nitrogen and oxygen atoms in total. The Bertz CT molecular complexity index is 828. The Morgan fingerprint density at radius 1 is 1.19 bits per heavy atom. The third-order valence-corrected chi connectivity index (χ3v) is 4.11. The molecule has 1 aromatic carbocycles. The van der Waals surface area contributed by atoms with E-state index in [1.165, 1.54) is 0 Å². The van der Waals surface area contributed by atoms with Gasteiger partial charge in [-0.2, -0.15) is 4.72 Å². The van der Waals surface area contributed by atoms with Crippen LogP contribution in [0.1, 0.15) is 29.3 Å². The van der Waals surface area contributed by atoms with Crippen molar-refractivity contribution in [1.82, 2.24) is 15.2 Å². The molecular weight excluding hydrogens is 356 g/mol. The molecule has 0 aliphatic heterocycles. The molecule has 3 N–H and O–H groups in total. The van der Waals surface area contributed by atoms with Gasteiger partial charge in [-0.05, 0) is 36.2 Å². The van der Waals surface area contributed by atoms with Gasteiger partial charge in [-0.15, -0.1) is 0 Å². The zero-order valence-corrected chi connectivity index (χ0v) is 15.4. The standard InChI is InChI=1S/C17H22N4O4S/c1-3-16(21-26(2,23)24)25-20-17(22)14-6-4-5-7-15(14)19-12-13-8-10-18-11-9-13/h4-11,16,19,21H,3,12H2,1-2H3,(H,20,22). The van der Waals surface area contributed by atoms with Crippen molar-refractivity contribution < 1.29 is 18.0 Å². The summed E-state index contributed by atoms with van der Waals surface area (Å²) in [5.41, 5.74) is 4.34. The molecule has 2 aromatic rings. The fourth-order valence-corrected chi connectivity index (χ4v) is 2.83. The highest BCUT2D eigenvalue weighted by Crippen LogP contribution is 2.16. The van der Waals surface area contributed by atoms with Crippen molar-refractivity contribution >= 4 is 21.6 Å². The number of benzene rings is 1. The lowest BCUT2D eigenvalue weighted by atomic mass is 10.1. The molecule has 26 heavy (non-hydrogen) atoms. The topological polar surface area (TPSA) is 109 Å². The predicted molar refractivity (Wildman–Crippen MR) is 98.6 cm³/mol. The number of hydrogen-bond donors (Lipinski definition) is 3. The molecule has 0 saturated carbocycles. The maximum absolute atomic E-state index is 12.4. The maximum atomic E-state index is 12.4. The number of carbonyl (C=O) groups is 1. The Morgan fingerprint density at radius 3 is 2.54 bits per heavy atom. The van der Waals surface area contributed by atoms with Crippen LogP contribution in [0.25, 0.3) is 0 Å². The van der Waals surface area contributed by atoms with Crippen molar-refractivity contribution in [3.05, 3.63) is 59.9 Å². The zero-order chi connectivity index (χ0) is 19.0. The van der Waals surface area contributed by atoms with Crippen LogP contribution >= 0.6 is 0 Å². The van der Waals surface area contributed by atoms with Crippen LogP contribution < -0.4 is 15.5 Å². The van der Waals surface area contributed by atoms with E-state index in [-0.39, 0.29) is 0 Å². The van der Waals surface area contributed by atoms with E-state index in [0.29, 0.717) is 24.2 Å². The normalized spacial score (nSPS) is 12.4. The number of hydrogen-bond acceptors (Lipinski definition) is 6. The van der Waals surface area contributed by atoms with E-state index in [2.05, 4.69) is 20.5 Å². The van der Waals surface area contributed by atoms with Crippen molar-refractivity contribution in [3.8, 4) is 0 Å². The first-order valence-electron chi connectivity index (χ1n) is 8.04. The highest BCUT2D eigenvalue weighted by molar-refractivity contribution is 7.88. The van der Waals surface area contributed by atoms with E-state index in [9.17, 15) is 13.2 Å². The van der Waals surface area contributed by atoms with Crippen LogP contribution in [0.2, 0.25) is 0 Å². The van der Waals surface area contributed by atoms with Gasteiger partial charge in [0.1, 0.15) is 6.23 Å².